The molecular weight excluding hydrogens is 304 g/mol. The first-order valence-electron chi connectivity index (χ1n) is 6.93. The van der Waals surface area contributed by atoms with Crippen molar-refractivity contribution in [3.8, 4) is 0 Å². The molecule has 1 fully saturated rings. The summed E-state index contributed by atoms with van der Waals surface area (Å²) in [5.41, 5.74) is 2.82. The Morgan fingerprint density at radius 1 is 1.50 bits per heavy atom. The summed E-state index contributed by atoms with van der Waals surface area (Å²) in [5, 5.41) is 0. The van der Waals surface area contributed by atoms with E-state index in [2.05, 4.69) is 15.0 Å². The lowest BCUT2D eigenvalue weighted by atomic mass is 10.2. The van der Waals surface area contributed by atoms with Gasteiger partial charge in [0.15, 0.2) is 0 Å². The van der Waals surface area contributed by atoms with Gasteiger partial charge in [-0.15, -0.1) is 11.3 Å². The van der Waals surface area contributed by atoms with Crippen molar-refractivity contribution in [2.45, 2.75) is 20.0 Å². The highest BCUT2D eigenvalue weighted by molar-refractivity contribution is 7.11. The van der Waals surface area contributed by atoms with Crippen LogP contribution in [0.4, 0.5) is 0 Å². The molecular formula is C14H16N4O3S. The number of nitrogens with zero attached hydrogens (tertiary/aromatic N) is 3. The number of carbonyl (C=O) groups is 1. The first kappa shape index (κ1) is 14.9. The Hall–Kier alpha value is -2.06. The normalized spacial score (nSPS) is 18.5. The van der Waals surface area contributed by atoms with Crippen LogP contribution in [0.5, 0.6) is 0 Å². The van der Waals surface area contributed by atoms with Crippen LogP contribution in [0.1, 0.15) is 33.0 Å². The summed E-state index contributed by atoms with van der Waals surface area (Å²) in [7, 11) is 0. The van der Waals surface area contributed by atoms with E-state index in [0.717, 1.165) is 5.69 Å². The minimum atomic E-state index is -0.418. The molecule has 1 aliphatic heterocycles. The number of rotatable bonds is 2. The minimum Gasteiger partial charge on any atom is -0.367 e. The Bertz CT molecular complexity index is 755. The molecule has 0 aliphatic carbocycles. The van der Waals surface area contributed by atoms with E-state index in [0.29, 0.717) is 36.1 Å². The lowest BCUT2D eigenvalue weighted by molar-refractivity contribution is -0.0268. The Morgan fingerprint density at radius 3 is 3.00 bits per heavy atom. The summed E-state index contributed by atoms with van der Waals surface area (Å²) in [6, 6.07) is 1.43. The number of morpholine rings is 1. The summed E-state index contributed by atoms with van der Waals surface area (Å²) in [6.45, 7) is 4.86. The van der Waals surface area contributed by atoms with Gasteiger partial charge in [-0.05, 0) is 13.8 Å². The largest absolute Gasteiger partial charge is 0.367 e. The molecule has 1 saturated heterocycles. The smallest absolute Gasteiger partial charge is 0.266 e. The maximum absolute atomic E-state index is 12.5. The van der Waals surface area contributed by atoms with Gasteiger partial charge >= 0.3 is 0 Å². The van der Waals surface area contributed by atoms with E-state index in [9.17, 15) is 9.59 Å². The van der Waals surface area contributed by atoms with Crippen molar-refractivity contribution in [2.75, 3.05) is 19.7 Å². The van der Waals surface area contributed by atoms with Crippen molar-refractivity contribution < 1.29 is 9.53 Å². The zero-order chi connectivity index (χ0) is 15.7. The molecule has 3 heterocycles. The fourth-order valence-electron chi connectivity index (χ4n) is 2.40. The monoisotopic (exact) mass is 320 g/mol. The highest BCUT2D eigenvalue weighted by Crippen LogP contribution is 2.22. The van der Waals surface area contributed by atoms with Gasteiger partial charge in [-0.1, -0.05) is 0 Å². The molecule has 0 saturated carbocycles. The number of aryl methyl sites for hydroxylation is 2. The average Bonchev–Trinajstić information content (AvgIpc) is 2.92. The molecule has 1 atom stereocenters. The fourth-order valence-corrected chi connectivity index (χ4v) is 3.17. The zero-order valence-corrected chi connectivity index (χ0v) is 13.1. The number of amides is 1. The molecule has 1 N–H and O–H groups in total. The SMILES string of the molecule is Cc1cc(=O)[nH]c([C@H]2CN(C(=O)c3scnc3C)CCO2)n1. The van der Waals surface area contributed by atoms with Crippen LogP contribution in [-0.4, -0.2) is 45.5 Å². The number of hydrogen-bond acceptors (Lipinski definition) is 6. The standard InChI is InChI=1S/C14H16N4O3S/c1-8-5-11(19)17-13(16-8)10-6-18(3-4-21-10)14(20)12-9(2)15-7-22-12/h5,7,10H,3-4,6H2,1-2H3,(H,16,17,19)/t10-/m1/s1. The summed E-state index contributed by atoms with van der Waals surface area (Å²) >= 11 is 1.34. The average molecular weight is 320 g/mol. The van der Waals surface area contributed by atoms with E-state index < -0.39 is 6.10 Å². The summed E-state index contributed by atoms with van der Waals surface area (Å²) in [5.74, 6) is 0.409. The predicted octanol–water partition coefficient (Wildman–Crippen LogP) is 1.06. The molecule has 0 bridgehead atoms. The second kappa shape index (κ2) is 5.98. The fraction of sp³-hybridized carbons (Fsp3) is 0.429. The maximum atomic E-state index is 12.5. The van der Waals surface area contributed by atoms with Crippen LogP contribution < -0.4 is 5.56 Å². The number of ether oxygens (including phenoxy) is 1. The number of hydrogen-bond donors (Lipinski definition) is 1. The first-order chi connectivity index (χ1) is 10.5. The van der Waals surface area contributed by atoms with E-state index in [-0.39, 0.29) is 11.5 Å². The molecule has 22 heavy (non-hydrogen) atoms. The molecule has 0 spiro atoms. The molecule has 3 rings (SSSR count). The van der Waals surface area contributed by atoms with Gasteiger partial charge in [0.25, 0.3) is 11.5 Å². The van der Waals surface area contributed by atoms with Gasteiger partial charge in [0.2, 0.25) is 0 Å². The maximum Gasteiger partial charge on any atom is 0.266 e. The first-order valence-corrected chi connectivity index (χ1v) is 7.81. The Morgan fingerprint density at radius 2 is 2.32 bits per heavy atom. The molecule has 0 aromatic carbocycles. The van der Waals surface area contributed by atoms with Crippen molar-refractivity contribution in [2.24, 2.45) is 0 Å². The van der Waals surface area contributed by atoms with Crippen LogP contribution in [0.3, 0.4) is 0 Å². The molecule has 7 nitrogen and oxygen atoms in total. The summed E-state index contributed by atoms with van der Waals surface area (Å²) < 4.78 is 5.66. The van der Waals surface area contributed by atoms with E-state index in [1.807, 2.05) is 6.92 Å². The van der Waals surface area contributed by atoms with Gasteiger partial charge < -0.3 is 14.6 Å². The highest BCUT2D eigenvalue weighted by atomic mass is 32.1. The minimum absolute atomic E-state index is 0.0525. The van der Waals surface area contributed by atoms with E-state index in [4.69, 9.17) is 4.74 Å². The Labute approximate surface area is 131 Å². The summed E-state index contributed by atoms with van der Waals surface area (Å²) in [6.07, 6.45) is -0.418. The lowest BCUT2D eigenvalue weighted by Crippen LogP contribution is -2.43. The second-order valence-corrected chi connectivity index (χ2v) is 6.00. The third-order valence-electron chi connectivity index (χ3n) is 3.49. The summed E-state index contributed by atoms with van der Waals surface area (Å²) in [4.78, 5) is 37.6. The van der Waals surface area contributed by atoms with Gasteiger partial charge in [-0.2, -0.15) is 0 Å². The number of H-pyrrole nitrogens is 1. The van der Waals surface area contributed by atoms with Crippen LogP contribution in [0.25, 0.3) is 0 Å². The molecule has 1 amide bonds. The quantitative estimate of drug-likeness (QED) is 0.894. The lowest BCUT2D eigenvalue weighted by Gasteiger charge is -2.32. The van der Waals surface area contributed by atoms with Crippen LogP contribution >= 0.6 is 11.3 Å². The van der Waals surface area contributed by atoms with Crippen molar-refractivity contribution >= 4 is 17.2 Å². The topological polar surface area (TPSA) is 88.2 Å². The molecule has 1 aliphatic rings. The Balaban J connectivity index is 1.81. The van der Waals surface area contributed by atoms with E-state index in [1.165, 1.54) is 17.4 Å². The van der Waals surface area contributed by atoms with Crippen molar-refractivity contribution in [1.29, 1.82) is 0 Å². The van der Waals surface area contributed by atoms with Gasteiger partial charge in [-0.3, -0.25) is 9.59 Å². The van der Waals surface area contributed by atoms with Crippen LogP contribution in [-0.2, 0) is 4.74 Å². The van der Waals surface area contributed by atoms with E-state index in [1.54, 1.807) is 17.3 Å². The number of thiazole rings is 1. The van der Waals surface area contributed by atoms with Gasteiger partial charge in [0.05, 0.1) is 24.4 Å². The molecule has 2 aromatic heterocycles. The predicted molar refractivity (Wildman–Crippen MR) is 81.0 cm³/mol. The van der Waals surface area contributed by atoms with Gasteiger partial charge in [0, 0.05) is 18.3 Å². The van der Waals surface area contributed by atoms with Crippen molar-refractivity contribution in [1.82, 2.24) is 19.9 Å². The van der Waals surface area contributed by atoms with Crippen LogP contribution in [0.2, 0.25) is 0 Å². The molecule has 0 radical (unpaired) electrons. The van der Waals surface area contributed by atoms with Gasteiger partial charge in [-0.25, -0.2) is 9.97 Å². The van der Waals surface area contributed by atoms with Crippen molar-refractivity contribution in [3.05, 3.63) is 44.0 Å². The molecule has 2 aromatic rings. The van der Waals surface area contributed by atoms with Crippen LogP contribution in [0.15, 0.2) is 16.4 Å². The number of nitrogens with one attached hydrogen (secondary N) is 1. The molecule has 8 heteroatoms. The number of carbonyl (C=O) groups excluding carboxylic acids is 1. The molecule has 0 unspecified atom stereocenters. The zero-order valence-electron chi connectivity index (χ0n) is 12.3. The third kappa shape index (κ3) is 2.93. The van der Waals surface area contributed by atoms with Crippen LogP contribution in [0, 0.1) is 13.8 Å². The second-order valence-electron chi connectivity index (χ2n) is 5.15. The highest BCUT2D eigenvalue weighted by Gasteiger charge is 2.29. The van der Waals surface area contributed by atoms with E-state index >= 15 is 0 Å². The number of aromatic nitrogens is 3. The number of aromatic amines is 1. The third-order valence-corrected chi connectivity index (χ3v) is 4.40. The molecule has 116 valence electrons. The van der Waals surface area contributed by atoms with Crippen molar-refractivity contribution in [3.63, 3.8) is 0 Å². The Kier molecular flexibility index (Phi) is 4.04. The van der Waals surface area contributed by atoms with Gasteiger partial charge in [0.1, 0.15) is 16.8 Å².